The third-order valence-corrected chi connectivity index (χ3v) is 2.55. The van der Waals surface area contributed by atoms with E-state index in [9.17, 15) is 0 Å². The number of rotatable bonds is 4. The Morgan fingerprint density at radius 2 is 1.44 bits per heavy atom. The molecule has 0 bridgehead atoms. The van der Waals surface area contributed by atoms with E-state index in [0.717, 1.165) is 17.9 Å². The maximum atomic E-state index is 4.59. The summed E-state index contributed by atoms with van der Waals surface area (Å²) in [4.78, 5) is 0. The highest BCUT2D eigenvalue weighted by Crippen LogP contribution is 2.17. The summed E-state index contributed by atoms with van der Waals surface area (Å²) >= 11 is 0. The highest BCUT2D eigenvalue weighted by Gasteiger charge is 2.05. The standard InChI is InChI=1S/C16H18N2/c1-14(2)17-18(16-11-7-4-8-12-16)13-15-9-5-3-6-10-15/h3-12H,13H2,1-2H3. The van der Waals surface area contributed by atoms with Crippen molar-refractivity contribution in [2.75, 3.05) is 5.01 Å². The van der Waals surface area contributed by atoms with Crippen LogP contribution in [0.4, 0.5) is 5.69 Å². The minimum atomic E-state index is 0.788. The van der Waals surface area contributed by atoms with Crippen LogP contribution in [0.1, 0.15) is 19.4 Å². The van der Waals surface area contributed by atoms with Crippen molar-refractivity contribution in [3.05, 3.63) is 66.2 Å². The highest BCUT2D eigenvalue weighted by atomic mass is 15.5. The summed E-state index contributed by atoms with van der Waals surface area (Å²) in [6, 6.07) is 20.6. The number of hydrogen-bond donors (Lipinski definition) is 0. The van der Waals surface area contributed by atoms with E-state index >= 15 is 0 Å². The Hall–Kier alpha value is -2.09. The highest BCUT2D eigenvalue weighted by molar-refractivity contribution is 5.80. The van der Waals surface area contributed by atoms with E-state index < -0.39 is 0 Å². The van der Waals surface area contributed by atoms with Crippen LogP contribution in [0.5, 0.6) is 0 Å². The topological polar surface area (TPSA) is 15.6 Å². The summed E-state index contributed by atoms with van der Waals surface area (Å²) in [6.07, 6.45) is 0. The van der Waals surface area contributed by atoms with Crippen LogP contribution in [0.2, 0.25) is 0 Å². The smallest absolute Gasteiger partial charge is 0.0666 e. The van der Waals surface area contributed by atoms with Gasteiger partial charge in [0.1, 0.15) is 0 Å². The van der Waals surface area contributed by atoms with Crippen LogP contribution in [0.15, 0.2) is 65.8 Å². The van der Waals surface area contributed by atoms with Crippen molar-refractivity contribution in [1.82, 2.24) is 0 Å². The van der Waals surface area contributed by atoms with Crippen LogP contribution in [0.25, 0.3) is 0 Å². The Morgan fingerprint density at radius 3 is 2.00 bits per heavy atom. The molecular formula is C16H18N2. The van der Waals surface area contributed by atoms with Crippen molar-refractivity contribution in [2.24, 2.45) is 5.10 Å². The number of nitrogens with zero attached hydrogens (tertiary/aromatic N) is 2. The Balaban J connectivity index is 2.24. The molecule has 0 aromatic heterocycles. The van der Waals surface area contributed by atoms with Crippen LogP contribution in [-0.2, 0) is 6.54 Å². The fourth-order valence-electron chi connectivity index (χ4n) is 1.78. The van der Waals surface area contributed by atoms with E-state index in [1.807, 2.05) is 43.1 Å². The van der Waals surface area contributed by atoms with Gasteiger partial charge < -0.3 is 0 Å². The number of hydrazone groups is 1. The van der Waals surface area contributed by atoms with Crippen LogP contribution >= 0.6 is 0 Å². The molecule has 0 atom stereocenters. The molecule has 0 aliphatic carbocycles. The zero-order valence-electron chi connectivity index (χ0n) is 10.9. The third kappa shape index (κ3) is 3.45. The monoisotopic (exact) mass is 238 g/mol. The van der Waals surface area contributed by atoms with E-state index in [0.29, 0.717) is 0 Å². The molecule has 2 heteroatoms. The minimum absolute atomic E-state index is 0.788. The van der Waals surface area contributed by atoms with Gasteiger partial charge in [-0.2, -0.15) is 5.10 Å². The molecule has 0 aliphatic rings. The Bertz CT molecular complexity index is 499. The first-order chi connectivity index (χ1) is 8.75. The lowest BCUT2D eigenvalue weighted by atomic mass is 10.2. The normalized spacial score (nSPS) is 9.89. The predicted molar refractivity (Wildman–Crippen MR) is 77.9 cm³/mol. The first-order valence-electron chi connectivity index (χ1n) is 6.14. The van der Waals surface area contributed by atoms with Gasteiger partial charge in [0.2, 0.25) is 0 Å². The molecule has 92 valence electrons. The first kappa shape index (κ1) is 12.4. The number of para-hydroxylation sites is 1. The quantitative estimate of drug-likeness (QED) is 0.578. The molecule has 18 heavy (non-hydrogen) atoms. The van der Waals surface area contributed by atoms with E-state index in [4.69, 9.17) is 0 Å². The Labute approximate surface area is 109 Å². The number of anilines is 1. The molecule has 0 amide bonds. The Morgan fingerprint density at radius 1 is 0.889 bits per heavy atom. The Kier molecular flexibility index (Phi) is 4.13. The molecule has 0 heterocycles. The maximum Gasteiger partial charge on any atom is 0.0666 e. The second kappa shape index (κ2) is 6.01. The summed E-state index contributed by atoms with van der Waals surface area (Å²) in [5, 5.41) is 6.62. The molecule has 0 fully saturated rings. The molecule has 0 unspecified atom stereocenters. The molecule has 0 radical (unpaired) electrons. The van der Waals surface area contributed by atoms with Crippen LogP contribution in [-0.4, -0.2) is 5.71 Å². The zero-order valence-corrected chi connectivity index (χ0v) is 10.9. The summed E-state index contributed by atoms with van der Waals surface area (Å²) in [6.45, 7) is 4.82. The van der Waals surface area contributed by atoms with Gasteiger partial charge in [-0.25, -0.2) is 0 Å². The third-order valence-electron chi connectivity index (χ3n) is 2.55. The maximum absolute atomic E-state index is 4.59. The molecule has 0 N–H and O–H groups in total. The van der Waals surface area contributed by atoms with Gasteiger partial charge in [0.05, 0.1) is 12.2 Å². The SMILES string of the molecule is CC(C)=NN(Cc1ccccc1)c1ccccc1. The summed E-state index contributed by atoms with van der Waals surface area (Å²) < 4.78 is 0. The van der Waals surface area contributed by atoms with Gasteiger partial charge >= 0.3 is 0 Å². The molecule has 0 saturated carbocycles. The minimum Gasteiger partial charge on any atom is -0.261 e. The molecular weight excluding hydrogens is 220 g/mol. The zero-order chi connectivity index (χ0) is 12.8. The van der Waals surface area contributed by atoms with Crippen molar-refractivity contribution in [3.8, 4) is 0 Å². The molecule has 2 aromatic rings. The summed E-state index contributed by atoms with van der Waals surface area (Å²) in [7, 11) is 0. The largest absolute Gasteiger partial charge is 0.261 e. The fourth-order valence-corrected chi connectivity index (χ4v) is 1.78. The van der Waals surface area contributed by atoms with Crippen molar-refractivity contribution < 1.29 is 0 Å². The van der Waals surface area contributed by atoms with Gasteiger partial charge in [-0.1, -0.05) is 48.5 Å². The molecule has 0 spiro atoms. The second-order valence-electron chi connectivity index (χ2n) is 4.43. The number of hydrogen-bond acceptors (Lipinski definition) is 2. The van der Waals surface area contributed by atoms with Crippen LogP contribution in [0.3, 0.4) is 0 Å². The number of benzene rings is 2. The lowest BCUT2D eigenvalue weighted by Crippen LogP contribution is -2.17. The first-order valence-corrected chi connectivity index (χ1v) is 6.14. The van der Waals surface area contributed by atoms with Crippen molar-refractivity contribution in [2.45, 2.75) is 20.4 Å². The van der Waals surface area contributed by atoms with Gasteiger partial charge in [-0.15, -0.1) is 0 Å². The van der Waals surface area contributed by atoms with Crippen LogP contribution < -0.4 is 5.01 Å². The second-order valence-corrected chi connectivity index (χ2v) is 4.43. The lowest BCUT2D eigenvalue weighted by molar-refractivity contribution is 0.852. The average molecular weight is 238 g/mol. The van der Waals surface area contributed by atoms with E-state index in [-0.39, 0.29) is 0 Å². The van der Waals surface area contributed by atoms with Crippen molar-refractivity contribution in [1.29, 1.82) is 0 Å². The lowest BCUT2D eigenvalue weighted by Gasteiger charge is -2.20. The predicted octanol–water partition coefficient (Wildman–Crippen LogP) is 4.09. The van der Waals surface area contributed by atoms with E-state index in [2.05, 4.69) is 41.5 Å². The van der Waals surface area contributed by atoms with Gasteiger partial charge in [-0.05, 0) is 31.5 Å². The van der Waals surface area contributed by atoms with Gasteiger partial charge in [0.25, 0.3) is 0 Å². The van der Waals surface area contributed by atoms with Crippen molar-refractivity contribution in [3.63, 3.8) is 0 Å². The molecule has 0 saturated heterocycles. The summed E-state index contributed by atoms with van der Waals surface area (Å²) in [5.74, 6) is 0. The average Bonchev–Trinajstić information content (AvgIpc) is 2.40. The van der Waals surface area contributed by atoms with Gasteiger partial charge in [-0.3, -0.25) is 5.01 Å². The van der Waals surface area contributed by atoms with Gasteiger partial charge in [0.15, 0.2) is 0 Å². The van der Waals surface area contributed by atoms with Crippen LogP contribution in [0, 0.1) is 0 Å². The molecule has 2 nitrogen and oxygen atoms in total. The van der Waals surface area contributed by atoms with E-state index in [1.54, 1.807) is 0 Å². The molecule has 0 aliphatic heterocycles. The molecule has 2 aromatic carbocycles. The molecule has 2 rings (SSSR count). The van der Waals surface area contributed by atoms with Crippen molar-refractivity contribution >= 4 is 11.4 Å². The van der Waals surface area contributed by atoms with Gasteiger partial charge in [0, 0.05) is 5.71 Å². The van der Waals surface area contributed by atoms with E-state index in [1.165, 1.54) is 5.56 Å². The fraction of sp³-hybridized carbons (Fsp3) is 0.188. The summed E-state index contributed by atoms with van der Waals surface area (Å²) in [5.41, 5.74) is 3.42.